The minimum Gasteiger partial charge on any atom is -0.356 e. The van der Waals surface area contributed by atoms with Crippen LogP contribution >= 0.6 is 35.7 Å². The molecule has 0 aromatic heterocycles. The zero-order valence-electron chi connectivity index (χ0n) is 12.3. The molecule has 18 heavy (non-hydrogen) atoms. The van der Waals surface area contributed by atoms with E-state index in [2.05, 4.69) is 54.7 Å². The van der Waals surface area contributed by atoms with Crippen LogP contribution in [0.3, 0.4) is 0 Å². The Kier molecular flexibility index (Phi) is 8.67. The molecular formula is C13H28IN3S. The van der Waals surface area contributed by atoms with Crippen LogP contribution < -0.4 is 5.32 Å². The van der Waals surface area contributed by atoms with Crippen LogP contribution in [0.15, 0.2) is 4.99 Å². The zero-order valence-corrected chi connectivity index (χ0v) is 15.5. The van der Waals surface area contributed by atoms with Crippen molar-refractivity contribution < 1.29 is 0 Å². The van der Waals surface area contributed by atoms with Gasteiger partial charge in [-0.15, -0.1) is 24.0 Å². The number of hydrogen-bond donors (Lipinski definition) is 1. The van der Waals surface area contributed by atoms with Crippen LogP contribution in [-0.4, -0.2) is 48.0 Å². The molecule has 108 valence electrons. The van der Waals surface area contributed by atoms with Crippen molar-refractivity contribution in [2.75, 3.05) is 32.4 Å². The van der Waals surface area contributed by atoms with Crippen LogP contribution in [0.5, 0.6) is 0 Å². The predicted octanol–water partition coefficient (Wildman–Crippen LogP) is 3.05. The lowest BCUT2D eigenvalue weighted by Gasteiger charge is -2.39. The average Bonchev–Trinajstić information content (AvgIpc) is 2.22. The second-order valence-corrected chi connectivity index (χ2v) is 7.49. The molecule has 0 bridgehead atoms. The van der Waals surface area contributed by atoms with Crippen molar-refractivity contribution in [3.63, 3.8) is 0 Å². The molecule has 0 aromatic rings. The highest BCUT2D eigenvalue weighted by atomic mass is 127. The fraction of sp³-hybridized carbons (Fsp3) is 0.923. The third kappa shape index (κ3) is 6.50. The Hall–Kier alpha value is 0.350. The van der Waals surface area contributed by atoms with Gasteiger partial charge in [0, 0.05) is 37.2 Å². The van der Waals surface area contributed by atoms with Crippen molar-refractivity contribution in [1.29, 1.82) is 0 Å². The van der Waals surface area contributed by atoms with E-state index in [-0.39, 0.29) is 24.0 Å². The second kappa shape index (κ2) is 8.51. The number of rotatable bonds is 3. The Bertz CT molecular complexity index is 267. The fourth-order valence-corrected chi connectivity index (χ4v) is 3.11. The highest BCUT2D eigenvalue weighted by molar-refractivity contribution is 14.0. The van der Waals surface area contributed by atoms with Crippen LogP contribution in [0.25, 0.3) is 0 Å². The summed E-state index contributed by atoms with van der Waals surface area (Å²) in [6, 6.07) is 0. The number of hydrogen-bond acceptors (Lipinski definition) is 2. The molecule has 3 nitrogen and oxygen atoms in total. The lowest BCUT2D eigenvalue weighted by atomic mass is 10.1. The van der Waals surface area contributed by atoms with E-state index in [9.17, 15) is 0 Å². The standard InChI is InChI=1S/C13H27N3S.HI/c1-11(2)6-7-15-12(14-5)16-8-9-17-13(3,4)10-16;/h11H,6-10H2,1-5H3,(H,14,15);1H. The minimum absolute atomic E-state index is 0. The second-order valence-electron chi connectivity index (χ2n) is 5.69. The normalized spacial score (nSPS) is 19.7. The molecule has 0 atom stereocenters. The molecule has 0 unspecified atom stereocenters. The van der Waals surface area contributed by atoms with Gasteiger partial charge in [-0.2, -0.15) is 11.8 Å². The van der Waals surface area contributed by atoms with Gasteiger partial charge in [0.2, 0.25) is 0 Å². The first kappa shape index (κ1) is 18.4. The van der Waals surface area contributed by atoms with Gasteiger partial charge in [0.1, 0.15) is 0 Å². The van der Waals surface area contributed by atoms with Crippen molar-refractivity contribution in [2.24, 2.45) is 10.9 Å². The smallest absolute Gasteiger partial charge is 0.193 e. The summed E-state index contributed by atoms with van der Waals surface area (Å²) in [7, 11) is 1.88. The summed E-state index contributed by atoms with van der Waals surface area (Å²) in [5.41, 5.74) is 0. The van der Waals surface area contributed by atoms with Crippen molar-refractivity contribution in [2.45, 2.75) is 38.9 Å². The van der Waals surface area contributed by atoms with Crippen molar-refractivity contribution in [3.8, 4) is 0 Å². The highest BCUT2D eigenvalue weighted by Gasteiger charge is 2.28. The molecule has 1 fully saturated rings. The molecular weight excluding hydrogens is 357 g/mol. The summed E-state index contributed by atoms with van der Waals surface area (Å²) < 4.78 is 0.341. The highest BCUT2D eigenvalue weighted by Crippen LogP contribution is 2.29. The summed E-state index contributed by atoms with van der Waals surface area (Å²) in [4.78, 5) is 6.78. The molecule has 0 aromatic carbocycles. The van der Waals surface area contributed by atoms with Crippen molar-refractivity contribution in [3.05, 3.63) is 0 Å². The summed E-state index contributed by atoms with van der Waals surface area (Å²) in [5, 5.41) is 3.47. The lowest BCUT2D eigenvalue weighted by Crippen LogP contribution is -2.51. The summed E-state index contributed by atoms with van der Waals surface area (Å²) >= 11 is 2.06. The first-order chi connectivity index (χ1) is 7.94. The number of guanidine groups is 1. The van der Waals surface area contributed by atoms with E-state index in [0.717, 1.165) is 31.5 Å². The fourth-order valence-electron chi connectivity index (χ4n) is 2.00. The van der Waals surface area contributed by atoms with E-state index >= 15 is 0 Å². The Labute approximate surface area is 134 Å². The van der Waals surface area contributed by atoms with Gasteiger partial charge >= 0.3 is 0 Å². The maximum absolute atomic E-state index is 4.40. The molecule has 1 N–H and O–H groups in total. The number of nitrogens with one attached hydrogen (secondary N) is 1. The number of nitrogens with zero attached hydrogens (tertiary/aromatic N) is 2. The molecule has 1 rings (SSSR count). The van der Waals surface area contributed by atoms with E-state index in [0.29, 0.717) is 4.75 Å². The molecule has 5 heteroatoms. The van der Waals surface area contributed by atoms with E-state index in [1.807, 2.05) is 7.05 Å². The first-order valence-electron chi connectivity index (χ1n) is 6.54. The third-order valence-corrected chi connectivity index (χ3v) is 4.24. The predicted molar refractivity (Wildman–Crippen MR) is 94.3 cm³/mol. The Morgan fingerprint density at radius 1 is 1.44 bits per heavy atom. The van der Waals surface area contributed by atoms with Gasteiger partial charge in [0.05, 0.1) is 0 Å². The van der Waals surface area contributed by atoms with Gasteiger partial charge in [-0.1, -0.05) is 13.8 Å². The summed E-state index contributed by atoms with van der Waals surface area (Å²) in [5.74, 6) is 3.01. The molecule has 0 aliphatic carbocycles. The lowest BCUT2D eigenvalue weighted by molar-refractivity contribution is 0.374. The van der Waals surface area contributed by atoms with Crippen LogP contribution in [-0.2, 0) is 0 Å². The van der Waals surface area contributed by atoms with E-state index in [1.54, 1.807) is 0 Å². The number of halogens is 1. The molecule has 0 amide bonds. The average molecular weight is 385 g/mol. The van der Waals surface area contributed by atoms with Crippen LogP contribution in [0.2, 0.25) is 0 Å². The Morgan fingerprint density at radius 2 is 2.11 bits per heavy atom. The molecule has 1 aliphatic heterocycles. The van der Waals surface area contributed by atoms with Gasteiger partial charge in [-0.25, -0.2) is 0 Å². The first-order valence-corrected chi connectivity index (χ1v) is 7.53. The largest absolute Gasteiger partial charge is 0.356 e. The quantitative estimate of drug-likeness (QED) is 0.460. The third-order valence-electron chi connectivity index (χ3n) is 2.94. The SMILES string of the molecule is CN=C(NCCC(C)C)N1CCSC(C)(C)C1.I. The van der Waals surface area contributed by atoms with Gasteiger partial charge in [0.25, 0.3) is 0 Å². The topological polar surface area (TPSA) is 27.6 Å². The van der Waals surface area contributed by atoms with E-state index in [1.165, 1.54) is 12.2 Å². The van der Waals surface area contributed by atoms with E-state index in [4.69, 9.17) is 0 Å². The molecule has 0 radical (unpaired) electrons. The zero-order chi connectivity index (χ0) is 12.9. The van der Waals surface area contributed by atoms with Crippen LogP contribution in [0.1, 0.15) is 34.1 Å². The van der Waals surface area contributed by atoms with Crippen LogP contribution in [0.4, 0.5) is 0 Å². The van der Waals surface area contributed by atoms with Crippen LogP contribution in [0, 0.1) is 5.92 Å². The molecule has 1 aliphatic rings. The molecule has 0 saturated carbocycles. The summed E-state index contributed by atoms with van der Waals surface area (Å²) in [6.07, 6.45) is 1.20. The van der Waals surface area contributed by atoms with E-state index < -0.39 is 0 Å². The minimum atomic E-state index is 0. The Balaban J connectivity index is 0.00000289. The monoisotopic (exact) mass is 385 g/mol. The maximum atomic E-state index is 4.40. The number of thioether (sulfide) groups is 1. The van der Waals surface area contributed by atoms with Gasteiger partial charge in [-0.05, 0) is 26.2 Å². The molecule has 1 saturated heterocycles. The number of aliphatic imine (C=N–C) groups is 1. The molecule has 1 heterocycles. The Morgan fingerprint density at radius 3 is 2.61 bits per heavy atom. The van der Waals surface area contributed by atoms with Gasteiger partial charge in [0.15, 0.2) is 5.96 Å². The van der Waals surface area contributed by atoms with Gasteiger partial charge in [-0.3, -0.25) is 4.99 Å². The van der Waals surface area contributed by atoms with Gasteiger partial charge < -0.3 is 10.2 Å². The molecule has 0 spiro atoms. The van der Waals surface area contributed by atoms with Crippen molar-refractivity contribution >= 4 is 41.7 Å². The van der Waals surface area contributed by atoms with Crippen molar-refractivity contribution in [1.82, 2.24) is 10.2 Å². The maximum Gasteiger partial charge on any atom is 0.193 e. The summed E-state index contributed by atoms with van der Waals surface area (Å²) in [6.45, 7) is 12.3.